The van der Waals surface area contributed by atoms with Crippen LogP contribution >= 0.6 is 0 Å². The Bertz CT molecular complexity index is 558. The predicted molar refractivity (Wildman–Crippen MR) is 74.5 cm³/mol. The summed E-state index contributed by atoms with van der Waals surface area (Å²) in [6.45, 7) is 2.66. The van der Waals surface area contributed by atoms with Gasteiger partial charge in [-0.3, -0.25) is 0 Å². The van der Waals surface area contributed by atoms with E-state index in [2.05, 4.69) is 0 Å². The van der Waals surface area contributed by atoms with Crippen LogP contribution in [0.5, 0.6) is 0 Å². The van der Waals surface area contributed by atoms with E-state index in [9.17, 15) is 12.8 Å². The average Bonchev–Trinajstić information content (AvgIpc) is 2.50. The lowest BCUT2D eigenvalue weighted by atomic mass is 10.1. The molecule has 1 aromatic rings. The Hall–Kier alpha value is -1.14. The third-order valence-corrected chi connectivity index (χ3v) is 5.10. The van der Waals surface area contributed by atoms with Gasteiger partial charge in [0.2, 0.25) is 0 Å². The van der Waals surface area contributed by atoms with Crippen molar-refractivity contribution in [2.45, 2.75) is 19.4 Å². The first-order valence-electron chi connectivity index (χ1n) is 6.40. The lowest BCUT2D eigenvalue weighted by Crippen LogP contribution is -2.29. The van der Waals surface area contributed by atoms with E-state index in [1.807, 2.05) is 0 Å². The van der Waals surface area contributed by atoms with E-state index in [0.29, 0.717) is 25.2 Å². The van der Waals surface area contributed by atoms with Crippen LogP contribution in [0.25, 0.3) is 0 Å². The van der Waals surface area contributed by atoms with Gasteiger partial charge in [-0.05, 0) is 25.0 Å². The summed E-state index contributed by atoms with van der Waals surface area (Å²) in [4.78, 5) is 1.80. The van der Waals surface area contributed by atoms with Crippen molar-refractivity contribution in [2.75, 3.05) is 29.5 Å². The summed E-state index contributed by atoms with van der Waals surface area (Å²) in [5.74, 6) is -0.0975. The molecular formula is C13H19FN2O2S. The Morgan fingerprint density at radius 3 is 2.74 bits per heavy atom. The number of hydrogen-bond acceptors (Lipinski definition) is 4. The second-order valence-corrected chi connectivity index (χ2v) is 7.26. The molecule has 0 amide bonds. The van der Waals surface area contributed by atoms with Crippen molar-refractivity contribution in [3.8, 4) is 0 Å². The molecule has 1 heterocycles. The highest BCUT2D eigenvalue weighted by Gasteiger charge is 2.23. The SMILES string of the molecule is C[C@@H](N)c1cccc(F)c1N1CCCS(=O)(=O)CC1. The Balaban J connectivity index is 2.36. The van der Waals surface area contributed by atoms with Crippen molar-refractivity contribution < 1.29 is 12.8 Å². The molecule has 1 aromatic carbocycles. The third kappa shape index (κ3) is 3.25. The van der Waals surface area contributed by atoms with Crippen LogP contribution < -0.4 is 10.6 Å². The van der Waals surface area contributed by atoms with E-state index in [1.165, 1.54) is 6.07 Å². The molecule has 0 aromatic heterocycles. The largest absolute Gasteiger partial charge is 0.368 e. The van der Waals surface area contributed by atoms with Crippen molar-refractivity contribution in [1.82, 2.24) is 0 Å². The molecule has 0 aliphatic carbocycles. The van der Waals surface area contributed by atoms with E-state index >= 15 is 0 Å². The Morgan fingerprint density at radius 1 is 1.32 bits per heavy atom. The summed E-state index contributed by atoms with van der Waals surface area (Å²) in [7, 11) is -3.00. The smallest absolute Gasteiger partial charge is 0.152 e. The van der Waals surface area contributed by atoms with Gasteiger partial charge in [0.1, 0.15) is 5.82 Å². The number of halogens is 1. The van der Waals surface area contributed by atoms with Crippen molar-refractivity contribution in [2.24, 2.45) is 5.73 Å². The van der Waals surface area contributed by atoms with Gasteiger partial charge in [-0.1, -0.05) is 12.1 Å². The van der Waals surface area contributed by atoms with Crippen LogP contribution in [0.2, 0.25) is 0 Å². The lowest BCUT2D eigenvalue weighted by molar-refractivity contribution is 0.596. The summed E-state index contributed by atoms with van der Waals surface area (Å²) in [5, 5.41) is 0. The van der Waals surface area contributed by atoms with Crippen LogP contribution in [0.15, 0.2) is 18.2 Å². The maximum absolute atomic E-state index is 14.1. The molecular weight excluding hydrogens is 267 g/mol. The molecule has 6 heteroatoms. The molecule has 0 spiro atoms. The molecule has 0 unspecified atom stereocenters. The monoisotopic (exact) mass is 286 g/mol. The zero-order chi connectivity index (χ0) is 14.0. The van der Waals surface area contributed by atoms with Gasteiger partial charge in [-0.25, -0.2) is 12.8 Å². The van der Waals surface area contributed by atoms with E-state index < -0.39 is 9.84 Å². The molecule has 0 bridgehead atoms. The maximum atomic E-state index is 14.1. The molecule has 2 N–H and O–H groups in total. The van der Waals surface area contributed by atoms with Gasteiger partial charge in [0, 0.05) is 19.1 Å². The van der Waals surface area contributed by atoms with Crippen molar-refractivity contribution in [1.29, 1.82) is 0 Å². The number of anilines is 1. The van der Waals surface area contributed by atoms with Crippen molar-refractivity contribution in [3.05, 3.63) is 29.6 Å². The van der Waals surface area contributed by atoms with Crippen LogP contribution in [0, 0.1) is 5.82 Å². The minimum absolute atomic E-state index is 0.0692. The van der Waals surface area contributed by atoms with Gasteiger partial charge in [-0.15, -0.1) is 0 Å². The van der Waals surface area contributed by atoms with Crippen molar-refractivity contribution in [3.63, 3.8) is 0 Å². The zero-order valence-electron chi connectivity index (χ0n) is 11.0. The molecule has 1 aliphatic heterocycles. The lowest BCUT2D eigenvalue weighted by Gasteiger charge is -2.26. The van der Waals surface area contributed by atoms with Gasteiger partial charge in [0.05, 0.1) is 17.2 Å². The summed E-state index contributed by atoms with van der Waals surface area (Å²) in [5.41, 5.74) is 7.05. The summed E-state index contributed by atoms with van der Waals surface area (Å²) < 4.78 is 37.3. The van der Waals surface area contributed by atoms with E-state index in [4.69, 9.17) is 5.73 Å². The number of sulfone groups is 1. The fourth-order valence-electron chi connectivity index (χ4n) is 2.40. The molecule has 1 saturated heterocycles. The van der Waals surface area contributed by atoms with Gasteiger partial charge in [0.25, 0.3) is 0 Å². The second-order valence-electron chi connectivity index (χ2n) is 4.96. The highest BCUT2D eigenvalue weighted by molar-refractivity contribution is 7.91. The van der Waals surface area contributed by atoms with E-state index in [0.717, 1.165) is 5.56 Å². The first-order valence-corrected chi connectivity index (χ1v) is 8.22. The van der Waals surface area contributed by atoms with Crippen LogP contribution in [0.4, 0.5) is 10.1 Å². The first-order chi connectivity index (χ1) is 8.91. The van der Waals surface area contributed by atoms with Gasteiger partial charge in [0.15, 0.2) is 9.84 Å². The molecule has 19 heavy (non-hydrogen) atoms. The Morgan fingerprint density at radius 2 is 2.05 bits per heavy atom. The van der Waals surface area contributed by atoms with Crippen LogP contribution in [0.3, 0.4) is 0 Å². The van der Waals surface area contributed by atoms with Crippen LogP contribution in [-0.4, -0.2) is 33.0 Å². The molecule has 1 atom stereocenters. The molecule has 1 aliphatic rings. The minimum Gasteiger partial charge on any atom is -0.368 e. The summed E-state index contributed by atoms with van der Waals surface area (Å²) in [6, 6.07) is 4.53. The first kappa shape index (κ1) is 14.3. The normalized spacial score (nSPS) is 20.9. The van der Waals surface area contributed by atoms with Crippen molar-refractivity contribution >= 4 is 15.5 Å². The van der Waals surface area contributed by atoms with Gasteiger partial charge < -0.3 is 10.6 Å². The number of rotatable bonds is 2. The van der Waals surface area contributed by atoms with Gasteiger partial charge in [-0.2, -0.15) is 0 Å². The Labute approximate surface area is 113 Å². The van der Waals surface area contributed by atoms with Crippen LogP contribution in [-0.2, 0) is 9.84 Å². The number of para-hydroxylation sites is 1. The highest BCUT2D eigenvalue weighted by Crippen LogP contribution is 2.29. The zero-order valence-corrected chi connectivity index (χ0v) is 11.8. The molecule has 1 fully saturated rings. The fraction of sp³-hybridized carbons (Fsp3) is 0.538. The van der Waals surface area contributed by atoms with E-state index in [-0.39, 0.29) is 23.4 Å². The van der Waals surface area contributed by atoms with E-state index in [1.54, 1.807) is 24.0 Å². The number of nitrogens with two attached hydrogens (primary N) is 1. The summed E-state index contributed by atoms with van der Waals surface area (Å²) in [6.07, 6.45) is 0.523. The fourth-order valence-corrected chi connectivity index (χ4v) is 3.67. The second kappa shape index (κ2) is 5.46. The molecule has 0 radical (unpaired) electrons. The third-order valence-electron chi connectivity index (χ3n) is 3.38. The minimum atomic E-state index is -3.00. The highest BCUT2D eigenvalue weighted by atomic mass is 32.2. The average molecular weight is 286 g/mol. The number of hydrogen-bond donors (Lipinski definition) is 1. The number of benzene rings is 1. The molecule has 106 valence electrons. The summed E-state index contributed by atoms with van der Waals surface area (Å²) >= 11 is 0. The Kier molecular flexibility index (Phi) is 4.10. The standard InChI is InChI=1S/C13H19FN2O2S/c1-10(15)11-4-2-5-12(14)13(11)16-6-3-8-19(17,18)9-7-16/h2,4-5,10H,3,6-9,15H2,1H3/t10-/m1/s1. The molecule has 0 saturated carbocycles. The molecule has 2 rings (SSSR count). The van der Waals surface area contributed by atoms with Gasteiger partial charge >= 0.3 is 0 Å². The number of nitrogens with zero attached hydrogens (tertiary/aromatic N) is 1. The predicted octanol–water partition coefficient (Wildman–Crippen LogP) is 1.47. The quantitative estimate of drug-likeness (QED) is 0.894. The maximum Gasteiger partial charge on any atom is 0.152 e. The topological polar surface area (TPSA) is 63.4 Å². The molecule has 4 nitrogen and oxygen atoms in total. The van der Waals surface area contributed by atoms with Crippen LogP contribution in [0.1, 0.15) is 24.9 Å².